The van der Waals surface area contributed by atoms with Crippen LogP contribution in [0.3, 0.4) is 0 Å². The second-order valence-corrected chi connectivity index (χ2v) is 4.39. The van der Waals surface area contributed by atoms with Crippen molar-refractivity contribution < 1.29 is 9.18 Å². The molecular formula is C10H11FN2OS. The van der Waals surface area contributed by atoms with Gasteiger partial charge in [0.15, 0.2) is 0 Å². The van der Waals surface area contributed by atoms with E-state index >= 15 is 0 Å². The number of carbonyl (C=O) groups is 1. The van der Waals surface area contributed by atoms with E-state index in [1.54, 1.807) is 11.8 Å². The summed E-state index contributed by atoms with van der Waals surface area (Å²) in [7, 11) is 0. The first-order valence-electron chi connectivity index (χ1n) is 4.68. The third-order valence-electron chi connectivity index (χ3n) is 2.45. The number of hydrogen-bond donors (Lipinski definition) is 1. The first-order chi connectivity index (χ1) is 7.08. The molecule has 80 valence electrons. The van der Waals surface area contributed by atoms with Gasteiger partial charge < -0.3 is 4.90 Å². The van der Waals surface area contributed by atoms with Gasteiger partial charge in [0.2, 0.25) is 11.9 Å². The fourth-order valence-corrected chi connectivity index (χ4v) is 2.04. The quantitative estimate of drug-likeness (QED) is 0.582. The molecule has 0 spiro atoms. The Kier molecular flexibility index (Phi) is 2.65. The third-order valence-corrected chi connectivity index (χ3v) is 2.79. The van der Waals surface area contributed by atoms with Crippen LogP contribution in [0.1, 0.15) is 12.0 Å². The summed E-state index contributed by atoms with van der Waals surface area (Å²) in [6.07, 6.45) is 1.83. The Morgan fingerprint density at radius 1 is 1.67 bits per heavy atom. The maximum absolute atomic E-state index is 12.8. The fraction of sp³-hybridized carbons (Fsp3) is 0.400. The van der Waals surface area contributed by atoms with Gasteiger partial charge in [0.05, 0.1) is 11.9 Å². The van der Waals surface area contributed by atoms with E-state index in [1.807, 2.05) is 0 Å². The van der Waals surface area contributed by atoms with Gasteiger partial charge in [-0.25, -0.2) is 4.98 Å². The molecule has 0 bridgehead atoms. The SMILES string of the molecule is Cc1cc(F)ncc1N1CC(S)CC1=O. The number of halogens is 1. The molecular weight excluding hydrogens is 215 g/mol. The summed E-state index contributed by atoms with van der Waals surface area (Å²) in [5, 5.41) is 0.0574. The highest BCUT2D eigenvalue weighted by Gasteiger charge is 2.29. The van der Waals surface area contributed by atoms with Gasteiger partial charge in [0.25, 0.3) is 0 Å². The standard InChI is InChI=1S/C10H11FN2OS/c1-6-2-9(11)12-4-8(6)13-5-7(15)3-10(13)14/h2,4,7,15H,3,5H2,1H3. The Bertz CT molecular complexity index is 410. The molecule has 0 aromatic carbocycles. The topological polar surface area (TPSA) is 33.2 Å². The molecule has 5 heteroatoms. The number of amides is 1. The average Bonchev–Trinajstić information content (AvgIpc) is 2.45. The van der Waals surface area contributed by atoms with E-state index in [4.69, 9.17) is 0 Å². The summed E-state index contributed by atoms with van der Waals surface area (Å²) in [5.41, 5.74) is 1.40. The summed E-state index contributed by atoms with van der Waals surface area (Å²) < 4.78 is 12.8. The first-order valence-corrected chi connectivity index (χ1v) is 5.20. The zero-order valence-electron chi connectivity index (χ0n) is 8.27. The van der Waals surface area contributed by atoms with Crippen molar-refractivity contribution in [2.75, 3.05) is 11.4 Å². The van der Waals surface area contributed by atoms with Crippen molar-refractivity contribution in [1.29, 1.82) is 0 Å². The number of nitrogens with zero attached hydrogens (tertiary/aromatic N) is 2. The van der Waals surface area contributed by atoms with Crippen molar-refractivity contribution >= 4 is 24.2 Å². The van der Waals surface area contributed by atoms with Gasteiger partial charge >= 0.3 is 0 Å². The Labute approximate surface area is 92.7 Å². The lowest BCUT2D eigenvalue weighted by Gasteiger charge is -2.17. The minimum atomic E-state index is -0.523. The molecule has 2 rings (SSSR count). The smallest absolute Gasteiger partial charge is 0.228 e. The molecule has 0 aliphatic carbocycles. The molecule has 1 atom stereocenters. The summed E-state index contributed by atoms with van der Waals surface area (Å²) in [5.74, 6) is -0.503. The molecule has 1 unspecified atom stereocenters. The van der Waals surface area contributed by atoms with Crippen LogP contribution < -0.4 is 4.90 Å². The van der Waals surface area contributed by atoms with Gasteiger partial charge in [-0.3, -0.25) is 4.79 Å². The van der Waals surface area contributed by atoms with E-state index < -0.39 is 5.95 Å². The van der Waals surface area contributed by atoms with E-state index in [1.165, 1.54) is 12.3 Å². The fourth-order valence-electron chi connectivity index (χ4n) is 1.72. The highest BCUT2D eigenvalue weighted by Crippen LogP contribution is 2.26. The molecule has 0 radical (unpaired) electrons. The normalized spacial score (nSPS) is 21.1. The maximum Gasteiger partial charge on any atom is 0.228 e. The number of aryl methyl sites for hydroxylation is 1. The van der Waals surface area contributed by atoms with Crippen LogP contribution >= 0.6 is 12.6 Å². The van der Waals surface area contributed by atoms with Crippen LogP contribution in [0.5, 0.6) is 0 Å². The molecule has 1 aromatic rings. The van der Waals surface area contributed by atoms with Crippen LogP contribution in [0.15, 0.2) is 12.3 Å². The van der Waals surface area contributed by atoms with E-state index in [2.05, 4.69) is 17.6 Å². The van der Waals surface area contributed by atoms with Crippen LogP contribution in [-0.2, 0) is 4.79 Å². The molecule has 3 nitrogen and oxygen atoms in total. The second kappa shape index (κ2) is 3.81. The van der Waals surface area contributed by atoms with Gasteiger partial charge in [-0.2, -0.15) is 17.0 Å². The summed E-state index contributed by atoms with van der Waals surface area (Å²) >= 11 is 4.26. The molecule has 0 N–H and O–H groups in total. The maximum atomic E-state index is 12.8. The van der Waals surface area contributed by atoms with Gasteiger partial charge in [-0.1, -0.05) is 0 Å². The lowest BCUT2D eigenvalue weighted by molar-refractivity contribution is -0.117. The predicted octanol–water partition coefficient (Wildman–Crippen LogP) is 1.56. The van der Waals surface area contributed by atoms with Crippen LogP contribution in [0.25, 0.3) is 0 Å². The number of rotatable bonds is 1. The van der Waals surface area contributed by atoms with E-state index in [0.29, 0.717) is 18.7 Å². The van der Waals surface area contributed by atoms with Gasteiger partial charge in [0, 0.05) is 18.2 Å². The molecule has 1 amide bonds. The molecule has 1 saturated heterocycles. The minimum Gasteiger partial charge on any atom is -0.309 e. The van der Waals surface area contributed by atoms with Crippen molar-refractivity contribution in [3.8, 4) is 0 Å². The molecule has 1 aromatic heterocycles. The Morgan fingerprint density at radius 2 is 2.40 bits per heavy atom. The Balaban J connectivity index is 2.34. The molecule has 0 saturated carbocycles. The van der Waals surface area contributed by atoms with Crippen molar-refractivity contribution in [1.82, 2.24) is 4.98 Å². The number of thiol groups is 1. The second-order valence-electron chi connectivity index (χ2n) is 3.66. The van der Waals surface area contributed by atoms with Gasteiger partial charge in [-0.15, -0.1) is 0 Å². The number of aromatic nitrogens is 1. The number of anilines is 1. The number of hydrogen-bond acceptors (Lipinski definition) is 3. The molecule has 2 heterocycles. The van der Waals surface area contributed by atoms with Crippen molar-refractivity contribution in [2.24, 2.45) is 0 Å². The predicted molar refractivity (Wildman–Crippen MR) is 58.7 cm³/mol. The monoisotopic (exact) mass is 226 g/mol. The summed E-state index contributed by atoms with van der Waals surface area (Å²) in [6, 6.07) is 1.33. The minimum absolute atomic E-state index is 0.0199. The zero-order valence-corrected chi connectivity index (χ0v) is 9.17. The number of pyridine rings is 1. The first kappa shape index (κ1) is 10.4. The molecule has 1 fully saturated rings. The van der Waals surface area contributed by atoms with Crippen LogP contribution in [0.2, 0.25) is 0 Å². The lowest BCUT2D eigenvalue weighted by atomic mass is 10.2. The zero-order chi connectivity index (χ0) is 11.0. The summed E-state index contributed by atoms with van der Waals surface area (Å²) in [6.45, 7) is 2.33. The lowest BCUT2D eigenvalue weighted by Crippen LogP contribution is -2.25. The molecule has 1 aliphatic rings. The van der Waals surface area contributed by atoms with Gasteiger partial charge in [-0.05, 0) is 18.6 Å². The summed E-state index contributed by atoms with van der Waals surface area (Å²) in [4.78, 5) is 16.7. The number of carbonyl (C=O) groups excluding carboxylic acids is 1. The highest BCUT2D eigenvalue weighted by molar-refractivity contribution is 7.81. The van der Waals surface area contributed by atoms with Crippen LogP contribution in [0, 0.1) is 12.9 Å². The molecule has 15 heavy (non-hydrogen) atoms. The van der Waals surface area contributed by atoms with Gasteiger partial charge in [0.1, 0.15) is 0 Å². The largest absolute Gasteiger partial charge is 0.309 e. The van der Waals surface area contributed by atoms with Crippen molar-refractivity contribution in [2.45, 2.75) is 18.6 Å². The van der Waals surface area contributed by atoms with E-state index in [9.17, 15) is 9.18 Å². The van der Waals surface area contributed by atoms with Crippen LogP contribution in [0.4, 0.5) is 10.1 Å². The van der Waals surface area contributed by atoms with Crippen LogP contribution in [-0.4, -0.2) is 22.7 Å². The Morgan fingerprint density at radius 3 is 2.93 bits per heavy atom. The van der Waals surface area contributed by atoms with Crippen molar-refractivity contribution in [3.63, 3.8) is 0 Å². The molecule has 1 aliphatic heterocycles. The highest BCUT2D eigenvalue weighted by atomic mass is 32.1. The third kappa shape index (κ3) is 1.97. The van der Waals surface area contributed by atoms with E-state index in [0.717, 1.165) is 5.56 Å². The van der Waals surface area contributed by atoms with E-state index in [-0.39, 0.29) is 11.2 Å². The van der Waals surface area contributed by atoms with Crippen molar-refractivity contribution in [3.05, 3.63) is 23.8 Å². The Hall–Kier alpha value is -1.10. The average molecular weight is 226 g/mol.